The van der Waals surface area contributed by atoms with Crippen molar-refractivity contribution in [3.05, 3.63) is 53.6 Å². The molecule has 2 heterocycles. The Labute approximate surface area is 181 Å². The molecule has 1 saturated carbocycles. The molecule has 6 nitrogen and oxygen atoms in total. The van der Waals surface area contributed by atoms with E-state index in [1.807, 2.05) is 0 Å². The van der Waals surface area contributed by atoms with Crippen LogP contribution in [0.3, 0.4) is 0 Å². The molecule has 3 aliphatic rings. The van der Waals surface area contributed by atoms with E-state index >= 15 is 0 Å². The average Bonchev–Trinajstić information content (AvgIpc) is 2.71. The zero-order valence-electron chi connectivity index (χ0n) is 16.8. The predicted molar refractivity (Wildman–Crippen MR) is 110 cm³/mol. The van der Waals surface area contributed by atoms with Crippen molar-refractivity contribution in [1.82, 2.24) is 0 Å². The molecule has 0 saturated heterocycles. The number of alkyl halides is 3. The number of hydrogen-bond acceptors (Lipinski definition) is 4. The normalized spacial score (nSPS) is 19.7. The zero-order valence-corrected chi connectivity index (χ0v) is 16.8. The monoisotopic (exact) mass is 444 g/mol. The number of nitrogens with one attached hydrogen (secondary N) is 2. The number of anilines is 2. The number of benzene rings is 2. The summed E-state index contributed by atoms with van der Waals surface area (Å²) in [5.41, 5.74) is 0.591. The van der Waals surface area contributed by atoms with Crippen molar-refractivity contribution in [1.29, 1.82) is 0 Å². The molecule has 2 N–H and O–H groups in total. The van der Waals surface area contributed by atoms with Crippen molar-refractivity contribution in [2.24, 2.45) is 0 Å². The summed E-state index contributed by atoms with van der Waals surface area (Å²) in [6.45, 7) is -0.157. The fourth-order valence-corrected chi connectivity index (χ4v) is 4.28. The van der Waals surface area contributed by atoms with E-state index in [1.54, 1.807) is 18.2 Å². The van der Waals surface area contributed by atoms with Crippen LogP contribution in [0.25, 0.3) is 5.57 Å². The first-order valence-electron chi connectivity index (χ1n) is 10.2. The molecule has 0 aromatic heterocycles. The Morgan fingerprint density at radius 3 is 2.72 bits per heavy atom. The van der Waals surface area contributed by atoms with Gasteiger partial charge in [-0.05, 0) is 49.1 Å². The number of para-hydroxylation sites is 1. The molecule has 0 atom stereocenters. The summed E-state index contributed by atoms with van der Waals surface area (Å²) in [4.78, 5) is 24.3. The van der Waals surface area contributed by atoms with Crippen LogP contribution < -0.4 is 20.1 Å². The lowest BCUT2D eigenvalue weighted by Gasteiger charge is -2.46. The van der Waals surface area contributed by atoms with Crippen LogP contribution in [0, 0.1) is 0 Å². The van der Waals surface area contributed by atoms with Crippen molar-refractivity contribution in [3.8, 4) is 11.5 Å². The Kier molecular flexibility index (Phi) is 4.65. The molecule has 2 amide bonds. The van der Waals surface area contributed by atoms with Crippen LogP contribution in [0.1, 0.15) is 36.8 Å². The van der Waals surface area contributed by atoms with Crippen molar-refractivity contribution in [2.75, 3.05) is 17.2 Å². The second-order valence-electron chi connectivity index (χ2n) is 8.20. The van der Waals surface area contributed by atoms with E-state index in [4.69, 9.17) is 9.47 Å². The lowest BCUT2D eigenvalue weighted by atomic mass is 9.72. The average molecular weight is 444 g/mol. The van der Waals surface area contributed by atoms with Crippen LogP contribution in [0.15, 0.2) is 42.5 Å². The second kappa shape index (κ2) is 7.29. The van der Waals surface area contributed by atoms with E-state index in [2.05, 4.69) is 10.6 Å². The number of hydrogen-bond donors (Lipinski definition) is 2. The summed E-state index contributed by atoms with van der Waals surface area (Å²) in [6.07, 6.45) is -0.269. The van der Waals surface area contributed by atoms with Gasteiger partial charge in [-0.3, -0.25) is 9.59 Å². The fraction of sp³-hybridized carbons (Fsp3) is 0.304. The summed E-state index contributed by atoms with van der Waals surface area (Å²) in [7, 11) is 0. The van der Waals surface area contributed by atoms with Gasteiger partial charge in [-0.1, -0.05) is 12.1 Å². The Balaban J connectivity index is 1.46. The number of carbonyl (C=O) groups is 2. The molecule has 32 heavy (non-hydrogen) atoms. The minimum Gasteiger partial charge on any atom is -0.486 e. The van der Waals surface area contributed by atoms with Gasteiger partial charge in [-0.25, -0.2) is 0 Å². The molecule has 2 aliphatic heterocycles. The van der Waals surface area contributed by atoms with E-state index in [0.717, 1.165) is 31.4 Å². The lowest BCUT2D eigenvalue weighted by molar-refractivity contribution is -0.138. The summed E-state index contributed by atoms with van der Waals surface area (Å²) in [5.74, 6) is -0.230. The summed E-state index contributed by atoms with van der Waals surface area (Å²) < 4.78 is 51.0. The van der Waals surface area contributed by atoms with Crippen LogP contribution in [-0.4, -0.2) is 24.0 Å². The number of rotatable bonds is 2. The Hall–Kier alpha value is -3.49. The largest absolute Gasteiger partial charge is 0.486 e. The van der Waals surface area contributed by atoms with E-state index in [0.29, 0.717) is 34.7 Å². The van der Waals surface area contributed by atoms with Gasteiger partial charge in [-0.15, -0.1) is 0 Å². The maximum atomic E-state index is 13.2. The molecule has 9 heteroatoms. The van der Waals surface area contributed by atoms with Crippen molar-refractivity contribution in [3.63, 3.8) is 0 Å². The molecule has 0 radical (unpaired) electrons. The van der Waals surface area contributed by atoms with Crippen LogP contribution >= 0.6 is 0 Å². The van der Waals surface area contributed by atoms with Crippen molar-refractivity contribution < 1.29 is 32.2 Å². The SMILES string of the molecule is O=C(/C=C1\CC2(CCC2)Oc2cc(C(F)(F)F)ccc21)Nc1cccc2c1OCC(=O)N2. The standard InChI is InChI=1S/C23H19F3N2O4/c24-23(25,26)14-5-6-15-13(11-22(7-2-8-22)32-18(15)10-14)9-19(29)27-16-3-1-4-17-21(16)31-12-20(30)28-17/h1,3-6,9-10H,2,7-8,11-12H2,(H,27,29)(H,28,30)/b13-9+. The third kappa shape index (κ3) is 3.68. The van der Waals surface area contributed by atoms with Gasteiger partial charge in [0.15, 0.2) is 12.4 Å². The van der Waals surface area contributed by atoms with Gasteiger partial charge in [0.25, 0.3) is 5.91 Å². The molecule has 1 aliphatic carbocycles. The number of halogens is 3. The fourth-order valence-electron chi connectivity index (χ4n) is 4.28. The van der Waals surface area contributed by atoms with Gasteiger partial charge in [0.2, 0.25) is 5.91 Å². The minimum absolute atomic E-state index is 0.146. The highest BCUT2D eigenvalue weighted by atomic mass is 19.4. The minimum atomic E-state index is -4.48. The van der Waals surface area contributed by atoms with Crippen LogP contribution in [-0.2, 0) is 15.8 Å². The molecular formula is C23H19F3N2O4. The number of carbonyl (C=O) groups excluding carboxylic acids is 2. The molecule has 5 rings (SSSR count). The van der Waals surface area contributed by atoms with Crippen LogP contribution in [0.4, 0.5) is 24.5 Å². The van der Waals surface area contributed by atoms with Crippen LogP contribution in [0.2, 0.25) is 0 Å². The quantitative estimate of drug-likeness (QED) is 0.655. The molecule has 1 spiro atoms. The van der Waals surface area contributed by atoms with E-state index < -0.39 is 23.2 Å². The zero-order chi connectivity index (χ0) is 22.5. The number of ether oxygens (including phenoxy) is 2. The highest BCUT2D eigenvalue weighted by Gasteiger charge is 2.44. The first-order valence-corrected chi connectivity index (χ1v) is 10.2. The number of fused-ring (bicyclic) bond motifs is 2. The highest BCUT2D eigenvalue weighted by molar-refractivity contribution is 6.07. The van der Waals surface area contributed by atoms with Gasteiger partial charge in [0.05, 0.1) is 16.9 Å². The maximum absolute atomic E-state index is 13.2. The molecular weight excluding hydrogens is 425 g/mol. The Morgan fingerprint density at radius 1 is 1.19 bits per heavy atom. The predicted octanol–water partition coefficient (Wildman–Crippen LogP) is 4.76. The van der Waals surface area contributed by atoms with Gasteiger partial charge >= 0.3 is 6.18 Å². The van der Waals surface area contributed by atoms with E-state index in [-0.39, 0.29) is 18.3 Å². The van der Waals surface area contributed by atoms with E-state index in [1.165, 1.54) is 12.1 Å². The Bertz CT molecular complexity index is 1150. The Morgan fingerprint density at radius 2 is 2.00 bits per heavy atom. The third-order valence-electron chi connectivity index (χ3n) is 5.96. The molecule has 2 aromatic carbocycles. The lowest BCUT2D eigenvalue weighted by Crippen LogP contribution is -2.45. The molecule has 0 bridgehead atoms. The third-order valence-corrected chi connectivity index (χ3v) is 5.96. The smallest absolute Gasteiger partial charge is 0.416 e. The summed E-state index contributed by atoms with van der Waals surface area (Å²) >= 11 is 0. The molecule has 0 unspecified atom stereocenters. The van der Waals surface area contributed by atoms with Gasteiger partial charge in [0.1, 0.15) is 11.4 Å². The topological polar surface area (TPSA) is 76.7 Å². The number of amides is 2. The maximum Gasteiger partial charge on any atom is 0.416 e. The van der Waals surface area contributed by atoms with Crippen molar-refractivity contribution in [2.45, 2.75) is 37.5 Å². The van der Waals surface area contributed by atoms with Crippen LogP contribution in [0.5, 0.6) is 11.5 Å². The van der Waals surface area contributed by atoms with Crippen molar-refractivity contribution >= 4 is 28.8 Å². The summed E-state index contributed by atoms with van der Waals surface area (Å²) in [6, 6.07) is 8.33. The van der Waals surface area contributed by atoms with Gasteiger partial charge in [-0.2, -0.15) is 13.2 Å². The summed E-state index contributed by atoms with van der Waals surface area (Å²) in [5, 5.41) is 5.42. The highest BCUT2D eigenvalue weighted by Crippen LogP contribution is 2.50. The van der Waals surface area contributed by atoms with Gasteiger partial charge < -0.3 is 20.1 Å². The molecule has 2 aromatic rings. The first-order chi connectivity index (χ1) is 15.2. The first kappa shape index (κ1) is 20.4. The van der Waals surface area contributed by atoms with E-state index in [9.17, 15) is 22.8 Å². The second-order valence-corrected chi connectivity index (χ2v) is 8.20. The van der Waals surface area contributed by atoms with Gasteiger partial charge in [0, 0.05) is 18.1 Å². The molecule has 166 valence electrons. The molecule has 1 fully saturated rings.